The number of benzene rings is 3. The SMILES string of the molecule is Oc1ccc(Cl)cc1C1C=C(c2ccc3c(c2)OCO3)NC(c2cc(Br)ccc2F)[NH2+]1. The summed E-state index contributed by atoms with van der Waals surface area (Å²) in [6.07, 6.45) is 1.54. The second kappa shape index (κ2) is 8.07. The molecule has 5 rings (SSSR count). The molecular weight excluding hydrogens is 487 g/mol. The molecule has 0 spiro atoms. The summed E-state index contributed by atoms with van der Waals surface area (Å²) in [6.45, 7) is 0.184. The monoisotopic (exact) mass is 503 g/mol. The Bertz CT molecular complexity index is 1200. The number of nitrogens with one attached hydrogen (secondary N) is 1. The van der Waals surface area contributed by atoms with Gasteiger partial charge in [-0.05, 0) is 54.6 Å². The van der Waals surface area contributed by atoms with Gasteiger partial charge in [0.25, 0.3) is 0 Å². The van der Waals surface area contributed by atoms with Crippen molar-refractivity contribution < 1.29 is 24.3 Å². The first kappa shape index (κ1) is 20.2. The number of nitrogens with two attached hydrogens (primary N) is 1. The molecule has 2 unspecified atom stereocenters. The lowest BCUT2D eigenvalue weighted by Gasteiger charge is -2.30. The summed E-state index contributed by atoms with van der Waals surface area (Å²) < 4.78 is 26.4. The minimum atomic E-state index is -0.439. The van der Waals surface area contributed by atoms with Gasteiger partial charge >= 0.3 is 0 Å². The van der Waals surface area contributed by atoms with Gasteiger partial charge in [0.1, 0.15) is 17.6 Å². The molecular formula is C23H18BrClFN2O3+. The van der Waals surface area contributed by atoms with Gasteiger partial charge < -0.3 is 25.2 Å². The Hall–Kier alpha value is -2.74. The number of hydrogen-bond acceptors (Lipinski definition) is 4. The number of phenols is 1. The third-order valence-electron chi connectivity index (χ3n) is 5.38. The summed E-state index contributed by atoms with van der Waals surface area (Å²) >= 11 is 9.62. The number of ether oxygens (including phenoxy) is 2. The Labute approximate surface area is 191 Å². The van der Waals surface area contributed by atoms with E-state index in [0.29, 0.717) is 27.6 Å². The third-order valence-corrected chi connectivity index (χ3v) is 6.11. The van der Waals surface area contributed by atoms with E-state index >= 15 is 0 Å². The van der Waals surface area contributed by atoms with Crippen molar-refractivity contribution in [3.63, 3.8) is 0 Å². The zero-order valence-corrected chi connectivity index (χ0v) is 18.5. The summed E-state index contributed by atoms with van der Waals surface area (Å²) in [5.74, 6) is 1.15. The van der Waals surface area contributed by atoms with Crippen molar-refractivity contribution in [3.8, 4) is 17.2 Å². The molecule has 5 nitrogen and oxygen atoms in total. The average molecular weight is 505 g/mol. The summed E-state index contributed by atoms with van der Waals surface area (Å²) in [5.41, 5.74) is 2.79. The zero-order valence-electron chi connectivity index (χ0n) is 16.1. The molecule has 0 saturated heterocycles. The highest BCUT2D eigenvalue weighted by atomic mass is 79.9. The van der Waals surface area contributed by atoms with Crippen molar-refractivity contribution in [3.05, 3.63) is 92.7 Å². The zero-order chi connectivity index (χ0) is 21.5. The number of aromatic hydroxyl groups is 1. The van der Waals surface area contributed by atoms with Crippen molar-refractivity contribution in [2.75, 3.05) is 6.79 Å². The predicted molar refractivity (Wildman–Crippen MR) is 118 cm³/mol. The van der Waals surface area contributed by atoms with Gasteiger partial charge in [-0.15, -0.1) is 0 Å². The van der Waals surface area contributed by atoms with E-state index in [0.717, 1.165) is 15.7 Å². The third kappa shape index (κ3) is 3.96. The van der Waals surface area contributed by atoms with Crippen LogP contribution in [-0.2, 0) is 0 Å². The minimum Gasteiger partial charge on any atom is -0.507 e. The molecule has 0 bridgehead atoms. The van der Waals surface area contributed by atoms with Crippen LogP contribution < -0.4 is 20.1 Å². The molecule has 0 aromatic heterocycles. The summed E-state index contributed by atoms with van der Waals surface area (Å²) in [4.78, 5) is 0. The molecule has 3 aromatic carbocycles. The predicted octanol–water partition coefficient (Wildman–Crippen LogP) is 4.62. The fourth-order valence-corrected chi connectivity index (χ4v) is 4.43. The van der Waals surface area contributed by atoms with E-state index in [9.17, 15) is 9.50 Å². The highest BCUT2D eigenvalue weighted by molar-refractivity contribution is 9.10. The molecule has 0 saturated carbocycles. The molecule has 2 heterocycles. The molecule has 0 fully saturated rings. The van der Waals surface area contributed by atoms with E-state index in [1.165, 1.54) is 6.07 Å². The molecule has 2 aliphatic heterocycles. The Morgan fingerprint density at radius 3 is 2.74 bits per heavy atom. The summed E-state index contributed by atoms with van der Waals surface area (Å²) in [7, 11) is 0. The van der Waals surface area contributed by atoms with Crippen LogP contribution in [0.25, 0.3) is 5.70 Å². The molecule has 8 heteroatoms. The van der Waals surface area contributed by atoms with Crippen molar-refractivity contribution in [1.82, 2.24) is 5.32 Å². The minimum absolute atomic E-state index is 0.127. The topological polar surface area (TPSA) is 67.3 Å². The molecule has 0 amide bonds. The van der Waals surface area contributed by atoms with Crippen molar-refractivity contribution in [2.24, 2.45) is 0 Å². The van der Waals surface area contributed by atoms with E-state index in [2.05, 4.69) is 21.2 Å². The van der Waals surface area contributed by atoms with Crippen LogP contribution in [0.4, 0.5) is 4.39 Å². The molecule has 2 atom stereocenters. The fraction of sp³-hybridized carbons (Fsp3) is 0.130. The molecule has 3 aromatic rings. The maximum absolute atomic E-state index is 14.7. The van der Waals surface area contributed by atoms with Crippen LogP contribution in [0.1, 0.15) is 28.9 Å². The van der Waals surface area contributed by atoms with Gasteiger partial charge in [0.2, 0.25) is 6.79 Å². The average Bonchev–Trinajstić information content (AvgIpc) is 3.24. The van der Waals surface area contributed by atoms with Crippen LogP contribution in [0.5, 0.6) is 17.2 Å². The van der Waals surface area contributed by atoms with E-state index in [4.69, 9.17) is 21.1 Å². The lowest BCUT2D eigenvalue weighted by Crippen LogP contribution is -2.90. The van der Waals surface area contributed by atoms with Gasteiger partial charge in [-0.1, -0.05) is 27.5 Å². The molecule has 0 aliphatic carbocycles. The van der Waals surface area contributed by atoms with Crippen LogP contribution in [0.15, 0.2) is 65.1 Å². The first-order valence-electron chi connectivity index (χ1n) is 9.64. The van der Waals surface area contributed by atoms with E-state index in [1.54, 1.807) is 30.3 Å². The van der Waals surface area contributed by atoms with E-state index in [1.807, 2.05) is 29.6 Å². The van der Waals surface area contributed by atoms with Gasteiger partial charge in [0.15, 0.2) is 17.7 Å². The Morgan fingerprint density at radius 2 is 1.87 bits per heavy atom. The molecule has 0 radical (unpaired) electrons. The molecule has 2 aliphatic rings. The van der Waals surface area contributed by atoms with Crippen molar-refractivity contribution in [1.29, 1.82) is 0 Å². The van der Waals surface area contributed by atoms with Gasteiger partial charge in [0, 0.05) is 26.8 Å². The highest BCUT2D eigenvalue weighted by Crippen LogP contribution is 2.36. The number of phenolic OH excluding ortho intramolecular Hbond substituents is 1. The van der Waals surface area contributed by atoms with Crippen molar-refractivity contribution >= 4 is 33.2 Å². The number of quaternary nitrogens is 1. The lowest BCUT2D eigenvalue weighted by molar-refractivity contribution is -0.731. The van der Waals surface area contributed by atoms with Crippen LogP contribution in [0.2, 0.25) is 5.02 Å². The number of fused-ring (bicyclic) bond motifs is 1. The molecule has 158 valence electrons. The van der Waals surface area contributed by atoms with Gasteiger partial charge in [-0.25, -0.2) is 4.39 Å². The first-order chi connectivity index (χ1) is 15.0. The Morgan fingerprint density at radius 1 is 1.03 bits per heavy atom. The summed E-state index contributed by atoms with van der Waals surface area (Å²) in [5, 5.41) is 16.4. The number of halogens is 3. The van der Waals surface area contributed by atoms with Crippen LogP contribution in [-0.4, -0.2) is 11.9 Å². The van der Waals surface area contributed by atoms with E-state index < -0.39 is 6.17 Å². The van der Waals surface area contributed by atoms with Crippen molar-refractivity contribution in [2.45, 2.75) is 12.2 Å². The second-order valence-corrected chi connectivity index (χ2v) is 8.71. The smallest absolute Gasteiger partial charge is 0.231 e. The second-order valence-electron chi connectivity index (χ2n) is 7.36. The highest BCUT2D eigenvalue weighted by Gasteiger charge is 2.31. The Kier molecular flexibility index (Phi) is 5.25. The first-order valence-corrected chi connectivity index (χ1v) is 10.8. The van der Waals surface area contributed by atoms with Crippen LogP contribution in [0, 0.1) is 5.82 Å². The van der Waals surface area contributed by atoms with Crippen LogP contribution in [0.3, 0.4) is 0 Å². The maximum atomic E-state index is 14.7. The number of hydrogen-bond donors (Lipinski definition) is 3. The fourth-order valence-electron chi connectivity index (χ4n) is 3.87. The van der Waals surface area contributed by atoms with Gasteiger partial charge in [-0.2, -0.15) is 0 Å². The van der Waals surface area contributed by atoms with Gasteiger partial charge in [0.05, 0.1) is 11.1 Å². The molecule has 4 N–H and O–H groups in total. The molecule has 31 heavy (non-hydrogen) atoms. The standard InChI is InChI=1S/C23H17BrClFN2O3/c24-13-2-4-17(26)15(8-13)23-27-18(12-1-6-21-22(7-12)31-11-30-21)10-19(28-23)16-9-14(25)3-5-20(16)29/h1-10,19,23,27-29H,11H2/p+1. The maximum Gasteiger partial charge on any atom is 0.231 e. The quantitative estimate of drug-likeness (QED) is 0.487. The van der Waals surface area contributed by atoms with Gasteiger partial charge in [-0.3, -0.25) is 0 Å². The van der Waals surface area contributed by atoms with E-state index in [-0.39, 0.29) is 24.4 Å². The number of rotatable bonds is 3. The largest absolute Gasteiger partial charge is 0.507 e. The summed E-state index contributed by atoms with van der Waals surface area (Å²) in [6, 6.07) is 15.1. The van der Waals surface area contributed by atoms with Crippen LogP contribution >= 0.6 is 27.5 Å². The Balaban J connectivity index is 1.60. The lowest BCUT2D eigenvalue weighted by atomic mass is 9.97. The normalized spacial score (nSPS) is 19.6.